The molecule has 0 bridgehead atoms. The molecule has 2 aliphatic heterocycles. The third-order valence-corrected chi connectivity index (χ3v) is 7.54. The van der Waals surface area contributed by atoms with E-state index in [1.807, 2.05) is 0 Å². The van der Waals surface area contributed by atoms with Gasteiger partial charge in [-0.3, -0.25) is 14.7 Å². The first-order chi connectivity index (χ1) is 13.3. The summed E-state index contributed by atoms with van der Waals surface area (Å²) in [5.74, 6) is -0.138. The molecule has 1 amide bonds. The summed E-state index contributed by atoms with van der Waals surface area (Å²) in [7, 11) is -3.54. The monoisotopic (exact) mass is 410 g/mol. The van der Waals surface area contributed by atoms with Crippen LogP contribution in [0.25, 0.3) is 0 Å². The van der Waals surface area contributed by atoms with Gasteiger partial charge in [-0.15, -0.1) is 0 Å². The predicted molar refractivity (Wildman–Crippen MR) is 105 cm³/mol. The Morgan fingerprint density at radius 2 is 1.93 bits per heavy atom. The zero-order chi connectivity index (χ0) is 20.2. The van der Waals surface area contributed by atoms with Crippen LogP contribution in [0.3, 0.4) is 0 Å². The van der Waals surface area contributed by atoms with Crippen molar-refractivity contribution in [2.24, 2.45) is 5.92 Å². The highest BCUT2D eigenvalue weighted by atomic mass is 32.2. The van der Waals surface area contributed by atoms with Crippen LogP contribution in [0, 0.1) is 5.92 Å². The van der Waals surface area contributed by atoms with Crippen molar-refractivity contribution in [3.63, 3.8) is 0 Å². The molecule has 2 saturated heterocycles. The van der Waals surface area contributed by atoms with E-state index in [1.54, 1.807) is 18.3 Å². The van der Waals surface area contributed by atoms with Crippen molar-refractivity contribution in [2.45, 2.75) is 37.1 Å². The topological polar surface area (TPSA) is 91.8 Å². The summed E-state index contributed by atoms with van der Waals surface area (Å²) < 4.78 is 32.2. The fraction of sp³-hybridized carbons (Fsp3) is 0.684. The lowest BCUT2D eigenvalue weighted by Crippen LogP contribution is -2.56. The summed E-state index contributed by atoms with van der Waals surface area (Å²) in [5, 5.41) is 3.08. The summed E-state index contributed by atoms with van der Waals surface area (Å²) in [5.41, 5.74) is -0.135. The highest BCUT2D eigenvalue weighted by Gasteiger charge is 2.34. The number of nitrogens with zero attached hydrogens (tertiary/aromatic N) is 3. The molecule has 0 spiro atoms. The molecule has 1 N–H and O–H groups in total. The van der Waals surface area contributed by atoms with E-state index in [0.29, 0.717) is 32.5 Å². The van der Waals surface area contributed by atoms with Crippen molar-refractivity contribution in [1.29, 1.82) is 0 Å². The molecule has 1 aromatic heterocycles. The van der Waals surface area contributed by atoms with Gasteiger partial charge in [-0.05, 0) is 38.8 Å². The van der Waals surface area contributed by atoms with E-state index in [4.69, 9.17) is 4.74 Å². The third kappa shape index (κ3) is 4.89. The van der Waals surface area contributed by atoms with Crippen molar-refractivity contribution in [3.8, 4) is 0 Å². The molecule has 9 heteroatoms. The van der Waals surface area contributed by atoms with Gasteiger partial charge in [0.1, 0.15) is 4.90 Å². The first kappa shape index (κ1) is 21.2. The normalized spacial score (nSPS) is 20.8. The van der Waals surface area contributed by atoms with Crippen LogP contribution >= 0.6 is 0 Å². The number of hydrogen-bond acceptors (Lipinski definition) is 6. The lowest BCUT2D eigenvalue weighted by Gasteiger charge is -2.41. The van der Waals surface area contributed by atoms with Crippen molar-refractivity contribution < 1.29 is 17.9 Å². The Morgan fingerprint density at radius 1 is 1.25 bits per heavy atom. The van der Waals surface area contributed by atoms with Crippen molar-refractivity contribution in [2.75, 3.05) is 45.9 Å². The van der Waals surface area contributed by atoms with Gasteiger partial charge in [0.05, 0.1) is 13.2 Å². The number of morpholine rings is 1. The van der Waals surface area contributed by atoms with Crippen LogP contribution in [0.2, 0.25) is 0 Å². The van der Waals surface area contributed by atoms with Crippen molar-refractivity contribution in [3.05, 3.63) is 24.5 Å². The number of nitrogens with one attached hydrogen (secondary N) is 1. The minimum absolute atomic E-state index is 0.0137. The van der Waals surface area contributed by atoms with Crippen LogP contribution in [0.5, 0.6) is 0 Å². The third-order valence-electron chi connectivity index (χ3n) is 5.66. The van der Waals surface area contributed by atoms with Gasteiger partial charge in [-0.2, -0.15) is 4.31 Å². The highest BCUT2D eigenvalue weighted by Crippen LogP contribution is 2.24. The molecule has 3 rings (SSSR count). The molecule has 0 radical (unpaired) electrons. The Labute approximate surface area is 167 Å². The second-order valence-electron chi connectivity index (χ2n) is 8.00. The SMILES string of the molecule is CC(C)(CNC(=O)C1CCN(S(=O)(=O)c2cccnc2)CC1)N1CCOCC1. The molecule has 0 aromatic carbocycles. The Morgan fingerprint density at radius 3 is 2.54 bits per heavy atom. The van der Waals surface area contributed by atoms with Crippen LogP contribution < -0.4 is 5.32 Å². The number of carbonyl (C=O) groups excluding carboxylic acids is 1. The van der Waals surface area contributed by atoms with Crippen molar-refractivity contribution in [1.82, 2.24) is 19.5 Å². The van der Waals surface area contributed by atoms with E-state index in [2.05, 4.69) is 29.0 Å². The number of sulfonamides is 1. The maximum atomic E-state index is 12.7. The fourth-order valence-corrected chi connectivity index (χ4v) is 5.17. The number of ether oxygens (including phenoxy) is 1. The molecular weight excluding hydrogens is 380 g/mol. The van der Waals surface area contributed by atoms with E-state index in [-0.39, 0.29) is 22.3 Å². The van der Waals surface area contributed by atoms with E-state index in [9.17, 15) is 13.2 Å². The largest absolute Gasteiger partial charge is 0.379 e. The van der Waals surface area contributed by atoms with Gasteiger partial charge in [0.15, 0.2) is 0 Å². The molecule has 0 atom stereocenters. The Bertz CT molecular complexity index is 755. The average Bonchev–Trinajstić information content (AvgIpc) is 2.73. The molecule has 0 aliphatic carbocycles. The Kier molecular flexibility index (Phi) is 6.69. The van der Waals surface area contributed by atoms with Crippen LogP contribution in [0.4, 0.5) is 0 Å². The molecule has 1 aromatic rings. The molecule has 2 fully saturated rings. The number of carbonyl (C=O) groups is 1. The summed E-state index contributed by atoms with van der Waals surface area (Å²) >= 11 is 0. The van der Waals surface area contributed by atoms with Crippen LogP contribution in [-0.4, -0.2) is 80.0 Å². The zero-order valence-corrected chi connectivity index (χ0v) is 17.5. The first-order valence-corrected chi connectivity index (χ1v) is 11.3. The standard InChI is InChI=1S/C19H30N4O4S/c1-19(2,22-10-12-27-13-11-22)15-21-18(24)16-5-8-23(9-6-16)28(25,26)17-4-3-7-20-14-17/h3-4,7,14,16H,5-6,8-13,15H2,1-2H3,(H,21,24). The van der Waals surface area contributed by atoms with E-state index in [0.717, 1.165) is 26.3 Å². The maximum absolute atomic E-state index is 12.7. The minimum atomic E-state index is -3.54. The fourth-order valence-electron chi connectivity index (χ4n) is 3.74. The van der Waals surface area contributed by atoms with Gasteiger partial charge < -0.3 is 10.1 Å². The van der Waals surface area contributed by atoms with E-state index < -0.39 is 10.0 Å². The Hall–Kier alpha value is -1.55. The summed E-state index contributed by atoms with van der Waals surface area (Å²) in [6.07, 6.45) is 3.97. The zero-order valence-electron chi connectivity index (χ0n) is 16.6. The lowest BCUT2D eigenvalue weighted by molar-refractivity contribution is -0.126. The number of rotatable bonds is 6. The minimum Gasteiger partial charge on any atom is -0.379 e. The molecule has 0 unspecified atom stereocenters. The van der Waals surface area contributed by atoms with Gasteiger partial charge in [0.25, 0.3) is 0 Å². The number of piperidine rings is 1. The van der Waals surface area contributed by atoms with Crippen molar-refractivity contribution >= 4 is 15.9 Å². The number of amides is 1. The Balaban J connectivity index is 1.50. The first-order valence-electron chi connectivity index (χ1n) is 9.81. The smallest absolute Gasteiger partial charge is 0.244 e. The van der Waals surface area contributed by atoms with Gasteiger partial charge in [-0.25, -0.2) is 8.42 Å². The highest BCUT2D eigenvalue weighted by molar-refractivity contribution is 7.89. The van der Waals surface area contributed by atoms with E-state index >= 15 is 0 Å². The predicted octanol–water partition coefficient (Wildman–Crippen LogP) is 0.709. The summed E-state index contributed by atoms with van der Waals surface area (Å²) in [6.45, 7) is 8.71. The van der Waals surface area contributed by atoms with Crippen LogP contribution in [0.1, 0.15) is 26.7 Å². The summed E-state index contributed by atoms with van der Waals surface area (Å²) in [6, 6.07) is 3.16. The molecule has 156 valence electrons. The molecule has 8 nitrogen and oxygen atoms in total. The molecule has 0 saturated carbocycles. The number of pyridine rings is 1. The van der Waals surface area contributed by atoms with Gasteiger partial charge in [-0.1, -0.05) is 0 Å². The second-order valence-corrected chi connectivity index (χ2v) is 9.93. The van der Waals surface area contributed by atoms with E-state index in [1.165, 1.54) is 10.5 Å². The lowest BCUT2D eigenvalue weighted by atomic mass is 9.96. The average molecular weight is 411 g/mol. The quantitative estimate of drug-likeness (QED) is 0.743. The number of aromatic nitrogens is 1. The molecule has 28 heavy (non-hydrogen) atoms. The molecule has 2 aliphatic rings. The van der Waals surface area contributed by atoms with Crippen LogP contribution in [-0.2, 0) is 19.6 Å². The van der Waals surface area contributed by atoms with Gasteiger partial charge in [0.2, 0.25) is 15.9 Å². The second kappa shape index (κ2) is 8.86. The summed E-state index contributed by atoms with van der Waals surface area (Å²) in [4.78, 5) is 19.0. The molecular formula is C19H30N4O4S. The molecule has 3 heterocycles. The van der Waals surface area contributed by atoms with Gasteiger partial charge in [0, 0.05) is 56.6 Å². The van der Waals surface area contributed by atoms with Crippen LogP contribution in [0.15, 0.2) is 29.4 Å². The maximum Gasteiger partial charge on any atom is 0.244 e. The number of hydrogen-bond donors (Lipinski definition) is 1. The van der Waals surface area contributed by atoms with Gasteiger partial charge >= 0.3 is 0 Å².